The molecule has 9 heteroatoms. The normalized spacial score (nSPS) is 13.3. The van der Waals surface area contributed by atoms with Crippen LogP contribution in [0.1, 0.15) is 30.5 Å². The average Bonchev–Trinajstić information content (AvgIpc) is 2.64. The lowest BCUT2D eigenvalue weighted by Gasteiger charge is -2.22. The van der Waals surface area contributed by atoms with Crippen molar-refractivity contribution < 1.29 is 26.4 Å². The second-order valence-corrected chi connectivity index (χ2v) is 8.79. The molecule has 0 aliphatic rings. The van der Waals surface area contributed by atoms with E-state index in [1.165, 1.54) is 24.3 Å². The van der Waals surface area contributed by atoms with E-state index in [0.29, 0.717) is 0 Å². The third kappa shape index (κ3) is 6.30. The number of halogens is 3. The van der Waals surface area contributed by atoms with Gasteiger partial charge in [0.05, 0.1) is 10.5 Å². The summed E-state index contributed by atoms with van der Waals surface area (Å²) in [5.41, 5.74) is 0.338. The van der Waals surface area contributed by atoms with E-state index in [2.05, 4.69) is 10.0 Å². The second-order valence-electron chi connectivity index (χ2n) is 7.07. The fourth-order valence-electron chi connectivity index (χ4n) is 2.60. The van der Waals surface area contributed by atoms with Gasteiger partial charge in [0.1, 0.15) is 6.04 Å². The van der Waals surface area contributed by atoms with Crippen molar-refractivity contribution in [1.82, 2.24) is 10.0 Å². The number of benzene rings is 2. The van der Waals surface area contributed by atoms with E-state index in [9.17, 15) is 26.4 Å². The molecule has 158 valence electrons. The van der Waals surface area contributed by atoms with E-state index < -0.39 is 33.7 Å². The Morgan fingerprint density at radius 3 is 2.24 bits per heavy atom. The van der Waals surface area contributed by atoms with E-state index >= 15 is 0 Å². The number of hydrogen-bond donors (Lipinski definition) is 2. The van der Waals surface area contributed by atoms with Crippen molar-refractivity contribution in [3.05, 3.63) is 65.2 Å². The molecule has 0 saturated heterocycles. The van der Waals surface area contributed by atoms with Crippen LogP contribution in [-0.2, 0) is 27.5 Å². The summed E-state index contributed by atoms with van der Waals surface area (Å²) in [6, 6.07) is 9.69. The molecule has 0 fully saturated rings. The van der Waals surface area contributed by atoms with Crippen LogP contribution in [0.5, 0.6) is 0 Å². The SMILES string of the molecule is Cc1ccc(S(=O)(=O)N[C@H](C(=O)NCc2cccc(C(F)(F)F)c2)C(C)C)cc1. The zero-order chi connectivity index (χ0) is 21.8. The quantitative estimate of drug-likeness (QED) is 0.707. The van der Waals surface area contributed by atoms with Gasteiger partial charge in [-0.25, -0.2) is 8.42 Å². The maximum Gasteiger partial charge on any atom is 0.416 e. The maximum absolute atomic E-state index is 12.8. The first-order chi connectivity index (χ1) is 13.4. The van der Waals surface area contributed by atoms with Crippen LogP contribution in [0, 0.1) is 12.8 Å². The Bertz CT molecular complexity index is 956. The van der Waals surface area contributed by atoms with E-state index in [1.807, 2.05) is 6.92 Å². The van der Waals surface area contributed by atoms with Crippen LogP contribution in [0.4, 0.5) is 13.2 Å². The lowest BCUT2D eigenvalue weighted by atomic mass is 10.0. The van der Waals surface area contributed by atoms with Crippen molar-refractivity contribution in [1.29, 1.82) is 0 Å². The van der Waals surface area contributed by atoms with Gasteiger partial charge >= 0.3 is 6.18 Å². The number of sulfonamides is 1. The van der Waals surface area contributed by atoms with Crippen LogP contribution in [0.15, 0.2) is 53.4 Å². The fourth-order valence-corrected chi connectivity index (χ4v) is 3.95. The monoisotopic (exact) mass is 428 g/mol. The van der Waals surface area contributed by atoms with Gasteiger partial charge in [0.2, 0.25) is 15.9 Å². The first kappa shape index (κ1) is 22.9. The maximum atomic E-state index is 12.8. The smallest absolute Gasteiger partial charge is 0.351 e. The predicted octanol–water partition coefficient (Wildman–Crippen LogP) is 3.63. The third-order valence-electron chi connectivity index (χ3n) is 4.28. The Morgan fingerprint density at radius 1 is 1.07 bits per heavy atom. The second kappa shape index (κ2) is 8.96. The predicted molar refractivity (Wildman–Crippen MR) is 103 cm³/mol. The molecule has 1 atom stereocenters. The fraction of sp³-hybridized carbons (Fsp3) is 0.350. The molecule has 0 radical (unpaired) electrons. The zero-order valence-corrected chi connectivity index (χ0v) is 17.1. The summed E-state index contributed by atoms with van der Waals surface area (Å²) in [7, 11) is -3.93. The van der Waals surface area contributed by atoms with Crippen LogP contribution in [0.3, 0.4) is 0 Å². The van der Waals surface area contributed by atoms with E-state index in [1.54, 1.807) is 26.0 Å². The molecule has 0 spiro atoms. The molecule has 0 saturated carbocycles. The summed E-state index contributed by atoms with van der Waals surface area (Å²) in [6.07, 6.45) is -4.48. The molecule has 0 bridgehead atoms. The van der Waals surface area contributed by atoms with Crippen LogP contribution < -0.4 is 10.0 Å². The highest BCUT2D eigenvalue weighted by Gasteiger charge is 2.31. The van der Waals surface area contributed by atoms with Gasteiger partial charge in [-0.15, -0.1) is 0 Å². The molecule has 2 rings (SSSR count). The van der Waals surface area contributed by atoms with E-state index in [4.69, 9.17) is 0 Å². The Balaban J connectivity index is 2.11. The lowest BCUT2D eigenvalue weighted by molar-refractivity contribution is -0.137. The van der Waals surface area contributed by atoms with Crippen molar-refractivity contribution in [2.45, 2.75) is 44.4 Å². The highest BCUT2D eigenvalue weighted by Crippen LogP contribution is 2.29. The first-order valence-electron chi connectivity index (χ1n) is 8.93. The standard InChI is InChI=1S/C20H23F3N2O3S/c1-13(2)18(25-29(27,28)17-9-7-14(3)8-10-17)19(26)24-12-15-5-4-6-16(11-15)20(21,22)23/h4-11,13,18,25H,12H2,1-3H3,(H,24,26)/t18-/m0/s1. The number of carbonyl (C=O) groups is 1. The first-order valence-corrected chi connectivity index (χ1v) is 10.4. The number of alkyl halides is 3. The van der Waals surface area contributed by atoms with Crippen LogP contribution in [0.2, 0.25) is 0 Å². The van der Waals surface area contributed by atoms with Gasteiger partial charge in [0.15, 0.2) is 0 Å². The Morgan fingerprint density at radius 2 is 1.69 bits per heavy atom. The summed E-state index contributed by atoms with van der Waals surface area (Å²) < 4.78 is 66.0. The number of amides is 1. The molecule has 5 nitrogen and oxygen atoms in total. The highest BCUT2D eigenvalue weighted by molar-refractivity contribution is 7.89. The molecule has 1 amide bonds. The average molecular weight is 428 g/mol. The molecule has 2 aromatic carbocycles. The Hall–Kier alpha value is -2.39. The largest absolute Gasteiger partial charge is 0.416 e. The number of aryl methyl sites for hydroxylation is 1. The van der Waals surface area contributed by atoms with Crippen molar-refractivity contribution in [3.63, 3.8) is 0 Å². The third-order valence-corrected chi connectivity index (χ3v) is 5.74. The molecule has 0 aliphatic carbocycles. The van der Waals surface area contributed by atoms with E-state index in [0.717, 1.165) is 17.7 Å². The van der Waals surface area contributed by atoms with Crippen LogP contribution in [-0.4, -0.2) is 20.4 Å². The van der Waals surface area contributed by atoms with Crippen molar-refractivity contribution in [3.8, 4) is 0 Å². The van der Waals surface area contributed by atoms with Gasteiger partial charge in [-0.05, 0) is 42.7 Å². The molecule has 0 aliphatic heterocycles. The number of rotatable bonds is 7. The van der Waals surface area contributed by atoms with Crippen LogP contribution >= 0.6 is 0 Å². The number of hydrogen-bond acceptors (Lipinski definition) is 3. The molecule has 0 aromatic heterocycles. The summed E-state index contributed by atoms with van der Waals surface area (Å²) >= 11 is 0. The molecular weight excluding hydrogens is 405 g/mol. The minimum absolute atomic E-state index is 0.0272. The number of carbonyl (C=O) groups excluding carboxylic acids is 1. The lowest BCUT2D eigenvalue weighted by Crippen LogP contribution is -2.49. The van der Waals surface area contributed by atoms with Gasteiger partial charge < -0.3 is 5.32 Å². The zero-order valence-electron chi connectivity index (χ0n) is 16.2. The van der Waals surface area contributed by atoms with Gasteiger partial charge in [-0.1, -0.05) is 43.7 Å². The van der Waals surface area contributed by atoms with Crippen molar-refractivity contribution in [2.24, 2.45) is 5.92 Å². The molecular formula is C20H23F3N2O3S. The summed E-state index contributed by atoms with van der Waals surface area (Å²) in [5.74, 6) is -0.996. The Kier molecular flexibility index (Phi) is 7.07. The van der Waals surface area contributed by atoms with Crippen LogP contribution in [0.25, 0.3) is 0 Å². The minimum Gasteiger partial charge on any atom is -0.351 e. The van der Waals surface area contributed by atoms with Gasteiger partial charge in [-0.2, -0.15) is 17.9 Å². The number of nitrogens with one attached hydrogen (secondary N) is 2. The summed E-state index contributed by atoms with van der Waals surface area (Å²) in [4.78, 5) is 12.6. The van der Waals surface area contributed by atoms with Gasteiger partial charge in [-0.3, -0.25) is 4.79 Å². The van der Waals surface area contributed by atoms with Crippen molar-refractivity contribution >= 4 is 15.9 Å². The minimum atomic E-state index is -4.48. The van der Waals surface area contributed by atoms with E-state index in [-0.39, 0.29) is 22.9 Å². The summed E-state index contributed by atoms with van der Waals surface area (Å²) in [5, 5.41) is 2.51. The van der Waals surface area contributed by atoms with Crippen molar-refractivity contribution in [2.75, 3.05) is 0 Å². The molecule has 29 heavy (non-hydrogen) atoms. The van der Waals surface area contributed by atoms with Gasteiger partial charge in [0.25, 0.3) is 0 Å². The Labute approximate surface area is 168 Å². The van der Waals surface area contributed by atoms with Gasteiger partial charge in [0, 0.05) is 6.54 Å². The summed E-state index contributed by atoms with van der Waals surface area (Å²) in [6.45, 7) is 5.01. The molecule has 2 aromatic rings. The molecule has 0 unspecified atom stereocenters. The molecule has 2 N–H and O–H groups in total. The highest BCUT2D eigenvalue weighted by atomic mass is 32.2. The molecule has 0 heterocycles. The topological polar surface area (TPSA) is 75.3 Å².